The predicted octanol–water partition coefficient (Wildman–Crippen LogP) is 5.73. The van der Waals surface area contributed by atoms with Crippen LogP contribution in [0.15, 0.2) is 60.9 Å². The van der Waals surface area contributed by atoms with Crippen LogP contribution in [-0.2, 0) is 0 Å². The van der Waals surface area contributed by atoms with Crippen LogP contribution in [0.1, 0.15) is 30.9 Å². The molecule has 0 amide bonds. The first-order valence-electron chi connectivity index (χ1n) is 7.48. The van der Waals surface area contributed by atoms with Crippen LogP contribution in [0.3, 0.4) is 0 Å². The number of hydrogen-bond donors (Lipinski definition) is 0. The second-order valence-electron chi connectivity index (χ2n) is 5.68. The fraction of sp³-hybridized carbons (Fsp3) is 0.200. The predicted molar refractivity (Wildman–Crippen MR) is 93.2 cm³/mol. The van der Waals surface area contributed by atoms with Gasteiger partial charge in [-0.1, -0.05) is 42.0 Å². The van der Waals surface area contributed by atoms with Crippen molar-refractivity contribution >= 4 is 22.7 Å². The lowest BCUT2D eigenvalue weighted by molar-refractivity contribution is 1.01. The van der Waals surface area contributed by atoms with Gasteiger partial charge in [-0.3, -0.25) is 0 Å². The molecule has 0 atom stereocenters. The minimum atomic E-state index is 1.12. The Hall–Kier alpha value is -2.28. The molecular weight excluding hydrogens is 254 g/mol. The molecule has 1 aromatic heterocycles. The summed E-state index contributed by atoms with van der Waals surface area (Å²) in [5.74, 6) is 0. The first kappa shape index (κ1) is 13.7. The summed E-state index contributed by atoms with van der Waals surface area (Å²) in [4.78, 5) is 0. The fourth-order valence-corrected chi connectivity index (χ4v) is 2.78. The SMILES string of the molecule is C=C/C(C)=C\c1cn(C2=CCCC=C2)c2ccc(C)cc12. The average Bonchev–Trinajstić information content (AvgIpc) is 2.86. The van der Waals surface area contributed by atoms with Gasteiger partial charge in [-0.15, -0.1) is 0 Å². The van der Waals surface area contributed by atoms with Crippen LogP contribution < -0.4 is 0 Å². The van der Waals surface area contributed by atoms with Crippen LogP contribution in [0.25, 0.3) is 22.7 Å². The second-order valence-corrected chi connectivity index (χ2v) is 5.68. The van der Waals surface area contributed by atoms with Gasteiger partial charge in [-0.2, -0.15) is 0 Å². The Balaban J connectivity index is 2.24. The number of allylic oxidation sites excluding steroid dienone is 6. The number of hydrogen-bond acceptors (Lipinski definition) is 0. The summed E-state index contributed by atoms with van der Waals surface area (Å²) in [6.07, 6.45) is 15.4. The third kappa shape index (κ3) is 2.64. The van der Waals surface area contributed by atoms with Gasteiger partial charge in [0.2, 0.25) is 0 Å². The van der Waals surface area contributed by atoms with Gasteiger partial charge in [0, 0.05) is 22.8 Å². The molecular formula is C20H21N. The Morgan fingerprint density at radius 3 is 2.86 bits per heavy atom. The number of nitrogens with zero attached hydrogens (tertiary/aromatic N) is 1. The molecule has 0 fully saturated rings. The molecule has 1 aromatic carbocycles. The van der Waals surface area contributed by atoms with Gasteiger partial charge < -0.3 is 4.57 Å². The van der Waals surface area contributed by atoms with Crippen molar-refractivity contribution in [3.8, 4) is 0 Å². The number of fused-ring (bicyclic) bond motifs is 1. The second kappa shape index (κ2) is 5.61. The van der Waals surface area contributed by atoms with Crippen molar-refractivity contribution in [1.82, 2.24) is 4.57 Å². The number of aromatic nitrogens is 1. The zero-order valence-electron chi connectivity index (χ0n) is 12.8. The highest BCUT2D eigenvalue weighted by Gasteiger charge is 2.10. The molecule has 1 heteroatoms. The molecule has 0 bridgehead atoms. The topological polar surface area (TPSA) is 4.93 Å². The standard InChI is InChI=1S/C20H21N/c1-4-15(2)12-17-14-21(18-8-6-5-7-9-18)20-11-10-16(3)13-19(17)20/h4,6,8-14H,1,5,7H2,2-3H3/b15-12-. The summed E-state index contributed by atoms with van der Waals surface area (Å²) < 4.78 is 2.30. The van der Waals surface area contributed by atoms with E-state index in [1.165, 1.54) is 33.3 Å². The van der Waals surface area contributed by atoms with Crippen molar-refractivity contribution in [1.29, 1.82) is 0 Å². The minimum Gasteiger partial charge on any atom is -0.316 e. The molecule has 106 valence electrons. The van der Waals surface area contributed by atoms with Crippen molar-refractivity contribution in [2.75, 3.05) is 0 Å². The van der Waals surface area contributed by atoms with E-state index in [2.05, 4.69) is 73.7 Å². The largest absolute Gasteiger partial charge is 0.316 e. The molecule has 2 aromatic rings. The molecule has 0 radical (unpaired) electrons. The highest BCUT2D eigenvalue weighted by Crippen LogP contribution is 2.29. The van der Waals surface area contributed by atoms with E-state index in [0.29, 0.717) is 0 Å². The van der Waals surface area contributed by atoms with Gasteiger partial charge in [0.25, 0.3) is 0 Å². The summed E-state index contributed by atoms with van der Waals surface area (Å²) in [5, 5.41) is 1.30. The lowest BCUT2D eigenvalue weighted by atomic mass is 10.1. The monoisotopic (exact) mass is 275 g/mol. The number of aryl methyl sites for hydroxylation is 1. The average molecular weight is 275 g/mol. The zero-order valence-corrected chi connectivity index (χ0v) is 12.8. The van der Waals surface area contributed by atoms with E-state index in [-0.39, 0.29) is 0 Å². The first-order valence-corrected chi connectivity index (χ1v) is 7.48. The summed E-state index contributed by atoms with van der Waals surface area (Å²) in [6, 6.07) is 6.66. The Kier molecular flexibility index (Phi) is 3.66. The fourth-order valence-electron chi connectivity index (χ4n) is 2.78. The van der Waals surface area contributed by atoms with Gasteiger partial charge in [0.15, 0.2) is 0 Å². The van der Waals surface area contributed by atoms with Crippen molar-refractivity contribution in [2.24, 2.45) is 0 Å². The normalized spacial score (nSPS) is 15.3. The summed E-state index contributed by atoms with van der Waals surface area (Å²) >= 11 is 0. The van der Waals surface area contributed by atoms with Crippen LogP contribution in [0, 0.1) is 6.92 Å². The third-order valence-corrected chi connectivity index (χ3v) is 3.95. The van der Waals surface area contributed by atoms with Crippen LogP contribution in [0.4, 0.5) is 0 Å². The lowest BCUT2D eigenvalue weighted by Crippen LogP contribution is -1.95. The van der Waals surface area contributed by atoms with Crippen LogP contribution >= 0.6 is 0 Å². The van der Waals surface area contributed by atoms with E-state index >= 15 is 0 Å². The summed E-state index contributed by atoms with van der Waals surface area (Å²) in [7, 11) is 0. The number of benzene rings is 1. The quantitative estimate of drug-likeness (QED) is 0.630. The molecule has 21 heavy (non-hydrogen) atoms. The van der Waals surface area contributed by atoms with Gasteiger partial charge in [0.1, 0.15) is 0 Å². The van der Waals surface area contributed by atoms with Gasteiger partial charge >= 0.3 is 0 Å². The molecule has 1 aliphatic rings. The molecule has 3 rings (SSSR count). The first-order chi connectivity index (χ1) is 10.2. The van der Waals surface area contributed by atoms with E-state index in [0.717, 1.165) is 12.8 Å². The van der Waals surface area contributed by atoms with Gasteiger partial charge in [-0.25, -0.2) is 0 Å². The van der Waals surface area contributed by atoms with E-state index in [9.17, 15) is 0 Å². The Bertz CT molecular complexity index is 782. The van der Waals surface area contributed by atoms with Crippen molar-refractivity contribution < 1.29 is 0 Å². The Morgan fingerprint density at radius 2 is 2.14 bits per heavy atom. The highest BCUT2D eigenvalue weighted by molar-refractivity contribution is 5.93. The maximum atomic E-state index is 3.85. The van der Waals surface area contributed by atoms with Crippen molar-refractivity contribution in [3.05, 3.63) is 72.0 Å². The minimum absolute atomic E-state index is 1.12. The molecule has 0 spiro atoms. The molecule has 0 N–H and O–H groups in total. The smallest absolute Gasteiger partial charge is 0.0534 e. The van der Waals surface area contributed by atoms with Crippen molar-refractivity contribution in [3.63, 3.8) is 0 Å². The van der Waals surface area contributed by atoms with E-state index < -0.39 is 0 Å². The molecule has 1 aliphatic carbocycles. The Morgan fingerprint density at radius 1 is 1.29 bits per heavy atom. The van der Waals surface area contributed by atoms with Gasteiger partial charge in [-0.05, 0) is 51.0 Å². The van der Waals surface area contributed by atoms with Crippen molar-refractivity contribution in [2.45, 2.75) is 26.7 Å². The maximum Gasteiger partial charge on any atom is 0.0534 e. The molecule has 0 aliphatic heterocycles. The Labute approximate surface area is 126 Å². The molecule has 0 unspecified atom stereocenters. The molecule has 0 saturated heterocycles. The van der Waals surface area contributed by atoms with E-state index in [4.69, 9.17) is 0 Å². The molecule has 0 saturated carbocycles. The summed E-state index contributed by atoms with van der Waals surface area (Å²) in [5.41, 5.74) is 6.27. The molecule has 1 heterocycles. The number of rotatable bonds is 3. The lowest BCUT2D eigenvalue weighted by Gasteiger charge is -2.10. The molecule has 1 nitrogen and oxygen atoms in total. The van der Waals surface area contributed by atoms with Gasteiger partial charge in [0.05, 0.1) is 5.52 Å². The van der Waals surface area contributed by atoms with Crippen LogP contribution in [0.5, 0.6) is 0 Å². The zero-order chi connectivity index (χ0) is 14.8. The maximum absolute atomic E-state index is 3.85. The third-order valence-electron chi connectivity index (χ3n) is 3.95. The summed E-state index contributed by atoms with van der Waals surface area (Å²) in [6.45, 7) is 8.09. The van der Waals surface area contributed by atoms with Crippen LogP contribution in [-0.4, -0.2) is 4.57 Å². The van der Waals surface area contributed by atoms with E-state index in [1.807, 2.05) is 6.08 Å². The van der Waals surface area contributed by atoms with Crippen LogP contribution in [0.2, 0.25) is 0 Å². The van der Waals surface area contributed by atoms with E-state index in [1.54, 1.807) is 0 Å². The highest BCUT2D eigenvalue weighted by atomic mass is 15.0.